The molecule has 0 saturated carbocycles. The normalized spacial score (nSPS) is 12.1. The number of rotatable bonds is 5. The van der Waals surface area contributed by atoms with Crippen molar-refractivity contribution >= 4 is 33.7 Å². The van der Waals surface area contributed by atoms with Crippen molar-refractivity contribution in [3.63, 3.8) is 0 Å². The molecule has 0 fully saturated rings. The standard InChI is InChI=1S/C10H13FN2OS2/c1-16(14)5-4-13-9-3-2-7(10(12)15)6-8(9)11/h2-3,6,13H,4-5H2,1H3,(H2,12,15). The van der Waals surface area contributed by atoms with Gasteiger partial charge in [0.2, 0.25) is 0 Å². The lowest BCUT2D eigenvalue weighted by atomic mass is 10.2. The van der Waals surface area contributed by atoms with E-state index in [2.05, 4.69) is 5.32 Å². The number of thiocarbonyl (C=S) groups is 1. The molecule has 0 aliphatic heterocycles. The van der Waals surface area contributed by atoms with E-state index in [0.717, 1.165) is 0 Å². The lowest BCUT2D eigenvalue weighted by Gasteiger charge is -2.07. The van der Waals surface area contributed by atoms with Crippen LogP contribution in [0.3, 0.4) is 0 Å². The Morgan fingerprint density at radius 3 is 2.81 bits per heavy atom. The average Bonchev–Trinajstić information content (AvgIpc) is 2.19. The van der Waals surface area contributed by atoms with E-state index in [0.29, 0.717) is 23.5 Å². The van der Waals surface area contributed by atoms with Gasteiger partial charge in [-0.05, 0) is 18.2 Å². The summed E-state index contributed by atoms with van der Waals surface area (Å²) < 4.78 is 24.3. The van der Waals surface area contributed by atoms with Crippen molar-refractivity contribution in [1.82, 2.24) is 0 Å². The highest BCUT2D eigenvalue weighted by atomic mass is 32.2. The lowest BCUT2D eigenvalue weighted by molar-refractivity contribution is 0.630. The fraction of sp³-hybridized carbons (Fsp3) is 0.300. The van der Waals surface area contributed by atoms with Crippen molar-refractivity contribution in [3.05, 3.63) is 29.6 Å². The minimum atomic E-state index is -0.883. The van der Waals surface area contributed by atoms with Crippen LogP contribution < -0.4 is 11.1 Å². The Hall–Kier alpha value is -1.01. The highest BCUT2D eigenvalue weighted by molar-refractivity contribution is 7.84. The van der Waals surface area contributed by atoms with E-state index in [9.17, 15) is 8.60 Å². The molecule has 0 saturated heterocycles. The molecule has 1 aromatic carbocycles. The highest BCUT2D eigenvalue weighted by Crippen LogP contribution is 2.15. The summed E-state index contributed by atoms with van der Waals surface area (Å²) in [5.74, 6) is 0.0726. The molecule has 16 heavy (non-hydrogen) atoms. The van der Waals surface area contributed by atoms with Crippen molar-refractivity contribution in [3.8, 4) is 0 Å². The molecule has 0 bridgehead atoms. The quantitative estimate of drug-likeness (QED) is 0.782. The van der Waals surface area contributed by atoms with Crippen LogP contribution in [0, 0.1) is 5.82 Å². The maximum Gasteiger partial charge on any atom is 0.146 e. The molecular weight excluding hydrogens is 247 g/mol. The number of anilines is 1. The topological polar surface area (TPSA) is 55.1 Å². The minimum absolute atomic E-state index is 0.167. The molecule has 0 radical (unpaired) electrons. The van der Waals surface area contributed by atoms with Gasteiger partial charge in [0.25, 0.3) is 0 Å². The van der Waals surface area contributed by atoms with Gasteiger partial charge in [-0.25, -0.2) is 4.39 Å². The van der Waals surface area contributed by atoms with Crippen LogP contribution in [0.15, 0.2) is 18.2 Å². The summed E-state index contributed by atoms with van der Waals surface area (Å²) in [6.07, 6.45) is 1.61. The molecule has 1 aromatic rings. The van der Waals surface area contributed by atoms with Crippen molar-refractivity contribution in [2.24, 2.45) is 5.73 Å². The number of nitrogens with two attached hydrogens (primary N) is 1. The van der Waals surface area contributed by atoms with Gasteiger partial charge in [0.15, 0.2) is 0 Å². The molecule has 0 aliphatic carbocycles. The summed E-state index contributed by atoms with van der Waals surface area (Å²) >= 11 is 4.74. The summed E-state index contributed by atoms with van der Waals surface area (Å²) in [5, 5.41) is 2.86. The molecule has 3 N–H and O–H groups in total. The molecular formula is C10H13FN2OS2. The molecule has 88 valence electrons. The van der Waals surface area contributed by atoms with E-state index in [-0.39, 0.29) is 4.99 Å². The Bertz CT molecular complexity index is 423. The first-order valence-corrected chi connectivity index (χ1v) is 6.77. The van der Waals surface area contributed by atoms with Crippen LogP contribution >= 0.6 is 12.2 Å². The zero-order chi connectivity index (χ0) is 12.1. The van der Waals surface area contributed by atoms with E-state index in [4.69, 9.17) is 18.0 Å². The van der Waals surface area contributed by atoms with Crippen molar-refractivity contribution in [2.75, 3.05) is 23.9 Å². The number of hydrogen-bond acceptors (Lipinski definition) is 3. The molecule has 0 heterocycles. The first kappa shape index (κ1) is 13.1. The lowest BCUT2D eigenvalue weighted by Crippen LogP contribution is -2.13. The van der Waals surface area contributed by atoms with Gasteiger partial charge in [-0.15, -0.1) is 0 Å². The Labute approximate surface area is 102 Å². The largest absolute Gasteiger partial charge is 0.389 e. The molecule has 1 atom stereocenters. The van der Waals surface area contributed by atoms with E-state index in [1.807, 2.05) is 0 Å². The summed E-state index contributed by atoms with van der Waals surface area (Å²) in [4.78, 5) is 0.167. The van der Waals surface area contributed by atoms with Crippen LogP contribution in [0.2, 0.25) is 0 Å². The van der Waals surface area contributed by atoms with E-state index in [1.165, 1.54) is 6.07 Å². The number of hydrogen-bond donors (Lipinski definition) is 2. The average molecular weight is 260 g/mol. The van der Waals surface area contributed by atoms with Crippen molar-refractivity contribution in [2.45, 2.75) is 0 Å². The van der Waals surface area contributed by atoms with Gasteiger partial charge in [-0.3, -0.25) is 4.21 Å². The third-order valence-electron chi connectivity index (χ3n) is 1.96. The predicted octanol–water partition coefficient (Wildman–Crippen LogP) is 1.25. The first-order chi connectivity index (χ1) is 7.50. The second-order valence-corrected chi connectivity index (χ2v) is 5.26. The molecule has 0 aromatic heterocycles. The monoisotopic (exact) mass is 260 g/mol. The molecule has 0 amide bonds. The van der Waals surface area contributed by atoms with Crippen LogP contribution in [0.1, 0.15) is 5.56 Å². The second-order valence-electron chi connectivity index (χ2n) is 3.26. The van der Waals surface area contributed by atoms with Gasteiger partial charge >= 0.3 is 0 Å². The molecule has 0 aliphatic rings. The third-order valence-corrected chi connectivity index (χ3v) is 2.97. The van der Waals surface area contributed by atoms with Crippen molar-refractivity contribution in [1.29, 1.82) is 0 Å². The molecule has 1 rings (SSSR count). The van der Waals surface area contributed by atoms with E-state index >= 15 is 0 Å². The third kappa shape index (κ3) is 3.86. The maximum absolute atomic E-state index is 13.5. The minimum Gasteiger partial charge on any atom is -0.389 e. The van der Waals surface area contributed by atoms with Gasteiger partial charge in [-0.2, -0.15) is 0 Å². The fourth-order valence-corrected chi connectivity index (χ4v) is 1.66. The molecule has 6 heteroatoms. The Kier molecular flexibility index (Phi) is 4.82. The fourth-order valence-electron chi connectivity index (χ4n) is 1.14. The summed E-state index contributed by atoms with van der Waals surface area (Å²) in [5.41, 5.74) is 6.24. The van der Waals surface area contributed by atoms with Gasteiger partial charge in [0, 0.05) is 34.9 Å². The summed E-state index contributed by atoms with van der Waals surface area (Å²) in [6, 6.07) is 4.51. The van der Waals surface area contributed by atoms with Crippen LogP contribution in [0.5, 0.6) is 0 Å². The van der Waals surface area contributed by atoms with Crippen LogP contribution in [-0.4, -0.2) is 27.8 Å². The van der Waals surface area contributed by atoms with E-state index < -0.39 is 16.6 Å². The maximum atomic E-state index is 13.5. The van der Waals surface area contributed by atoms with Crippen molar-refractivity contribution < 1.29 is 8.60 Å². The smallest absolute Gasteiger partial charge is 0.146 e. The van der Waals surface area contributed by atoms with Gasteiger partial charge in [0.1, 0.15) is 10.8 Å². The zero-order valence-electron chi connectivity index (χ0n) is 8.83. The van der Waals surface area contributed by atoms with Crippen LogP contribution in [0.4, 0.5) is 10.1 Å². The zero-order valence-corrected chi connectivity index (χ0v) is 10.5. The Balaban J connectivity index is 2.68. The molecule has 1 unspecified atom stereocenters. The SMILES string of the molecule is CS(=O)CCNc1ccc(C(N)=S)cc1F. The molecule has 0 spiro atoms. The highest BCUT2D eigenvalue weighted by Gasteiger charge is 2.04. The van der Waals surface area contributed by atoms with Crippen LogP contribution in [-0.2, 0) is 10.8 Å². The van der Waals surface area contributed by atoms with Gasteiger partial charge in [0.05, 0.1) is 5.69 Å². The summed E-state index contributed by atoms with van der Waals surface area (Å²) in [7, 11) is -0.883. The number of halogens is 1. The second kappa shape index (κ2) is 5.91. The first-order valence-electron chi connectivity index (χ1n) is 4.64. The Morgan fingerprint density at radius 2 is 2.31 bits per heavy atom. The summed E-state index contributed by atoms with van der Waals surface area (Å²) in [6.45, 7) is 0.465. The molecule has 3 nitrogen and oxygen atoms in total. The van der Waals surface area contributed by atoms with Gasteiger partial charge < -0.3 is 11.1 Å². The number of benzene rings is 1. The predicted molar refractivity (Wildman–Crippen MR) is 69.7 cm³/mol. The van der Waals surface area contributed by atoms with Crippen LogP contribution in [0.25, 0.3) is 0 Å². The van der Waals surface area contributed by atoms with Gasteiger partial charge in [-0.1, -0.05) is 12.2 Å². The number of nitrogens with one attached hydrogen (secondary N) is 1. The van der Waals surface area contributed by atoms with E-state index in [1.54, 1.807) is 18.4 Å². The Morgan fingerprint density at radius 1 is 1.62 bits per heavy atom.